The fourth-order valence-corrected chi connectivity index (χ4v) is 1.02. The van der Waals surface area contributed by atoms with Crippen LogP contribution in [0.5, 0.6) is 0 Å². The molecule has 0 fully saturated rings. The monoisotopic (exact) mass is 177 g/mol. The smallest absolute Gasteiger partial charge is 0.245 e. The van der Waals surface area contributed by atoms with Gasteiger partial charge in [0.25, 0.3) is 0 Å². The number of carbonyl (C=O) groups is 1. The summed E-state index contributed by atoms with van der Waals surface area (Å²) in [6, 6.07) is 7.19. The van der Waals surface area contributed by atoms with Crippen molar-refractivity contribution in [2.75, 3.05) is 0 Å². The Morgan fingerprint density at radius 2 is 2.23 bits per heavy atom. The van der Waals surface area contributed by atoms with Crippen LogP contribution >= 0.6 is 0 Å². The van der Waals surface area contributed by atoms with Gasteiger partial charge >= 0.3 is 0 Å². The van der Waals surface area contributed by atoms with E-state index in [2.05, 4.69) is 0 Å². The molecule has 3 nitrogen and oxygen atoms in total. The Labute approximate surface area is 76.5 Å². The van der Waals surface area contributed by atoms with Crippen molar-refractivity contribution < 1.29 is 9.90 Å². The number of carbonyl (C=O) groups excluding carboxylic acids is 1. The Morgan fingerprint density at radius 3 is 2.77 bits per heavy atom. The molecular weight excluding hydrogens is 166 g/mol. The Hall–Kier alpha value is -1.77. The second kappa shape index (κ2) is 3.76. The Bertz CT molecular complexity index is 356. The molecule has 13 heavy (non-hydrogen) atoms. The largest absolute Gasteiger partial charge is 0.507 e. The molecule has 1 amide bonds. The third-order valence-electron chi connectivity index (χ3n) is 1.59. The van der Waals surface area contributed by atoms with Crippen LogP contribution in [0.1, 0.15) is 11.1 Å². The van der Waals surface area contributed by atoms with Gasteiger partial charge in [-0.1, -0.05) is 23.8 Å². The van der Waals surface area contributed by atoms with Crippen LogP contribution in [0.15, 0.2) is 30.3 Å². The summed E-state index contributed by atoms with van der Waals surface area (Å²) < 4.78 is 0. The van der Waals surface area contributed by atoms with Gasteiger partial charge in [-0.15, -0.1) is 0 Å². The molecule has 68 valence electrons. The third-order valence-corrected chi connectivity index (χ3v) is 1.59. The molecule has 0 atom stereocenters. The van der Waals surface area contributed by atoms with E-state index in [1.807, 2.05) is 13.0 Å². The van der Waals surface area contributed by atoms with E-state index in [0.717, 1.165) is 11.6 Å². The number of hydrogen-bond donors (Lipinski definition) is 2. The number of aliphatic hydroxyl groups is 1. The molecule has 3 N–H and O–H groups in total. The van der Waals surface area contributed by atoms with E-state index in [-0.39, 0.29) is 5.76 Å². The highest BCUT2D eigenvalue weighted by Gasteiger charge is 1.99. The van der Waals surface area contributed by atoms with E-state index >= 15 is 0 Å². The van der Waals surface area contributed by atoms with Crippen LogP contribution in [0, 0.1) is 6.92 Å². The summed E-state index contributed by atoms with van der Waals surface area (Å²) in [5, 5.41) is 9.38. The maximum atomic E-state index is 10.5. The lowest BCUT2D eigenvalue weighted by Crippen LogP contribution is -2.06. The number of hydrogen-bond acceptors (Lipinski definition) is 2. The second-order valence-electron chi connectivity index (χ2n) is 2.80. The van der Waals surface area contributed by atoms with Crippen LogP contribution in [0.2, 0.25) is 0 Å². The van der Waals surface area contributed by atoms with Crippen molar-refractivity contribution in [1.29, 1.82) is 0 Å². The number of primary amides is 1. The molecule has 0 heterocycles. The van der Waals surface area contributed by atoms with Gasteiger partial charge in [0.15, 0.2) is 0 Å². The standard InChI is InChI=1S/C10H11NO2/c1-7-3-2-4-8(5-7)9(12)6-10(11)13/h2-6,12H,1H3,(H2,11,13)/b9-6-. The number of amides is 1. The van der Waals surface area contributed by atoms with Crippen molar-refractivity contribution in [3.63, 3.8) is 0 Å². The number of aliphatic hydroxyl groups excluding tert-OH is 1. The highest BCUT2D eigenvalue weighted by Crippen LogP contribution is 2.12. The first-order valence-corrected chi connectivity index (χ1v) is 3.87. The first kappa shape index (κ1) is 9.32. The van der Waals surface area contributed by atoms with Crippen LogP contribution in [-0.2, 0) is 4.79 Å². The zero-order valence-corrected chi connectivity index (χ0v) is 7.32. The summed E-state index contributed by atoms with van der Waals surface area (Å²) in [6.45, 7) is 1.90. The van der Waals surface area contributed by atoms with Gasteiger partial charge in [-0.25, -0.2) is 0 Å². The number of benzene rings is 1. The van der Waals surface area contributed by atoms with Crippen molar-refractivity contribution >= 4 is 11.7 Å². The second-order valence-corrected chi connectivity index (χ2v) is 2.80. The van der Waals surface area contributed by atoms with E-state index < -0.39 is 5.91 Å². The minimum Gasteiger partial charge on any atom is -0.507 e. The maximum absolute atomic E-state index is 10.5. The summed E-state index contributed by atoms with van der Waals surface area (Å²) in [7, 11) is 0. The van der Waals surface area contributed by atoms with E-state index in [1.165, 1.54) is 0 Å². The summed E-state index contributed by atoms with van der Waals surface area (Å²) in [4.78, 5) is 10.5. The van der Waals surface area contributed by atoms with Crippen LogP contribution < -0.4 is 5.73 Å². The molecule has 0 saturated heterocycles. The zero-order valence-electron chi connectivity index (χ0n) is 7.32. The molecule has 3 heteroatoms. The average molecular weight is 177 g/mol. The summed E-state index contributed by atoms with van der Waals surface area (Å²) in [6.07, 6.45) is 0.995. The molecule has 0 spiro atoms. The highest BCUT2D eigenvalue weighted by atomic mass is 16.3. The Kier molecular flexibility index (Phi) is 2.69. The van der Waals surface area contributed by atoms with Crippen LogP contribution in [-0.4, -0.2) is 11.0 Å². The molecule has 0 bridgehead atoms. The van der Waals surface area contributed by atoms with Crippen molar-refractivity contribution in [2.24, 2.45) is 5.73 Å². The molecular formula is C10H11NO2. The number of nitrogens with two attached hydrogens (primary N) is 1. The first-order chi connectivity index (χ1) is 6.09. The third kappa shape index (κ3) is 2.63. The molecule has 0 aromatic heterocycles. The van der Waals surface area contributed by atoms with Gasteiger partial charge in [0.05, 0.1) is 0 Å². The molecule has 0 unspecified atom stereocenters. The first-order valence-electron chi connectivity index (χ1n) is 3.87. The van der Waals surface area contributed by atoms with Crippen molar-refractivity contribution in [3.05, 3.63) is 41.5 Å². The van der Waals surface area contributed by atoms with Gasteiger partial charge in [-0.3, -0.25) is 4.79 Å². The fraction of sp³-hybridized carbons (Fsp3) is 0.100. The van der Waals surface area contributed by atoms with Crippen LogP contribution in [0.4, 0.5) is 0 Å². The minimum atomic E-state index is -0.654. The van der Waals surface area contributed by atoms with E-state index in [1.54, 1.807) is 18.2 Å². The maximum Gasteiger partial charge on any atom is 0.245 e. The Balaban J connectivity index is 3.02. The Morgan fingerprint density at radius 1 is 1.54 bits per heavy atom. The van der Waals surface area contributed by atoms with Crippen LogP contribution in [0.25, 0.3) is 5.76 Å². The number of rotatable bonds is 2. The van der Waals surface area contributed by atoms with E-state index in [9.17, 15) is 9.90 Å². The molecule has 1 aromatic carbocycles. The van der Waals surface area contributed by atoms with Gasteiger partial charge in [-0.2, -0.15) is 0 Å². The molecule has 0 aliphatic carbocycles. The van der Waals surface area contributed by atoms with Crippen molar-refractivity contribution in [2.45, 2.75) is 6.92 Å². The molecule has 1 rings (SSSR count). The molecule has 1 aromatic rings. The van der Waals surface area contributed by atoms with Gasteiger partial charge in [0, 0.05) is 11.6 Å². The van der Waals surface area contributed by atoms with Crippen molar-refractivity contribution in [1.82, 2.24) is 0 Å². The lowest BCUT2D eigenvalue weighted by atomic mass is 10.1. The van der Waals surface area contributed by atoms with E-state index in [4.69, 9.17) is 5.73 Å². The molecule has 0 aliphatic rings. The lowest BCUT2D eigenvalue weighted by Gasteiger charge is -1.99. The van der Waals surface area contributed by atoms with Gasteiger partial charge < -0.3 is 10.8 Å². The minimum absolute atomic E-state index is 0.101. The number of aryl methyl sites for hydroxylation is 1. The van der Waals surface area contributed by atoms with Crippen molar-refractivity contribution in [3.8, 4) is 0 Å². The summed E-state index contributed by atoms with van der Waals surface area (Å²) in [5.74, 6) is -0.754. The molecule has 0 radical (unpaired) electrons. The summed E-state index contributed by atoms with van der Waals surface area (Å²) in [5.41, 5.74) is 6.51. The molecule has 0 saturated carbocycles. The lowest BCUT2D eigenvalue weighted by molar-refractivity contribution is -0.113. The SMILES string of the molecule is Cc1cccc(/C(O)=C/C(N)=O)c1. The van der Waals surface area contributed by atoms with Crippen LogP contribution in [0.3, 0.4) is 0 Å². The topological polar surface area (TPSA) is 63.3 Å². The fourth-order valence-electron chi connectivity index (χ4n) is 1.02. The predicted octanol–water partition coefficient (Wildman–Crippen LogP) is 1.38. The quantitative estimate of drug-likeness (QED) is 0.529. The predicted molar refractivity (Wildman–Crippen MR) is 51.0 cm³/mol. The highest BCUT2D eigenvalue weighted by molar-refractivity contribution is 5.92. The molecule has 0 aliphatic heterocycles. The van der Waals surface area contributed by atoms with Gasteiger partial charge in [-0.05, 0) is 13.0 Å². The van der Waals surface area contributed by atoms with Gasteiger partial charge in [0.2, 0.25) is 5.91 Å². The normalized spacial score (nSPS) is 11.3. The summed E-state index contributed by atoms with van der Waals surface area (Å²) >= 11 is 0. The van der Waals surface area contributed by atoms with E-state index in [0.29, 0.717) is 5.56 Å². The van der Waals surface area contributed by atoms with Gasteiger partial charge in [0.1, 0.15) is 5.76 Å². The average Bonchev–Trinajstić information content (AvgIpc) is 2.03. The zero-order chi connectivity index (χ0) is 9.84.